The van der Waals surface area contributed by atoms with Crippen molar-refractivity contribution in [1.82, 2.24) is 4.98 Å². The topological polar surface area (TPSA) is 32.9 Å². The predicted molar refractivity (Wildman–Crippen MR) is 60.8 cm³/mol. The molecule has 0 aliphatic rings. The SMILES string of the molecule is Cc1[c]cc(-c2ccc(C)[nH]c2=O)cc1. The summed E-state index contributed by atoms with van der Waals surface area (Å²) >= 11 is 0. The van der Waals surface area contributed by atoms with Crippen LogP contribution in [0, 0.1) is 19.9 Å². The lowest BCUT2D eigenvalue weighted by Crippen LogP contribution is -2.09. The van der Waals surface area contributed by atoms with Crippen molar-refractivity contribution in [3.05, 3.63) is 58.0 Å². The lowest BCUT2D eigenvalue weighted by molar-refractivity contribution is 1.15. The van der Waals surface area contributed by atoms with E-state index in [0.29, 0.717) is 5.56 Å². The Morgan fingerprint density at radius 3 is 2.53 bits per heavy atom. The average Bonchev–Trinajstić information content (AvgIpc) is 2.20. The Bertz CT molecular complexity index is 523. The van der Waals surface area contributed by atoms with E-state index >= 15 is 0 Å². The van der Waals surface area contributed by atoms with Gasteiger partial charge in [0, 0.05) is 11.3 Å². The van der Waals surface area contributed by atoms with Crippen molar-refractivity contribution in [2.24, 2.45) is 0 Å². The van der Waals surface area contributed by atoms with Gasteiger partial charge < -0.3 is 4.98 Å². The molecule has 0 atom stereocenters. The van der Waals surface area contributed by atoms with Crippen LogP contribution in [0.1, 0.15) is 11.3 Å². The molecular formula is C13H12NO. The predicted octanol–water partition coefficient (Wildman–Crippen LogP) is 2.46. The van der Waals surface area contributed by atoms with E-state index in [4.69, 9.17) is 0 Å². The molecule has 2 nitrogen and oxygen atoms in total. The van der Waals surface area contributed by atoms with Crippen LogP contribution in [0.5, 0.6) is 0 Å². The van der Waals surface area contributed by atoms with Gasteiger partial charge >= 0.3 is 0 Å². The minimum absolute atomic E-state index is 0.0488. The van der Waals surface area contributed by atoms with Gasteiger partial charge in [-0.25, -0.2) is 0 Å². The van der Waals surface area contributed by atoms with E-state index in [1.807, 2.05) is 44.2 Å². The highest BCUT2D eigenvalue weighted by molar-refractivity contribution is 5.62. The third-order valence-electron chi connectivity index (χ3n) is 2.33. The highest BCUT2D eigenvalue weighted by Gasteiger charge is 2.02. The number of benzene rings is 1. The summed E-state index contributed by atoms with van der Waals surface area (Å²) in [5.41, 5.74) is 3.49. The molecule has 0 bridgehead atoms. The summed E-state index contributed by atoms with van der Waals surface area (Å²) < 4.78 is 0. The Morgan fingerprint density at radius 2 is 1.93 bits per heavy atom. The molecule has 0 amide bonds. The minimum Gasteiger partial charge on any atom is -0.326 e. The Labute approximate surface area is 88.6 Å². The number of pyridine rings is 1. The summed E-state index contributed by atoms with van der Waals surface area (Å²) in [4.78, 5) is 14.4. The molecule has 1 radical (unpaired) electrons. The molecular weight excluding hydrogens is 186 g/mol. The first-order chi connectivity index (χ1) is 7.16. The fourth-order valence-electron chi connectivity index (χ4n) is 1.47. The Morgan fingerprint density at radius 1 is 1.13 bits per heavy atom. The van der Waals surface area contributed by atoms with Gasteiger partial charge in [-0.2, -0.15) is 0 Å². The first kappa shape index (κ1) is 9.71. The zero-order valence-electron chi connectivity index (χ0n) is 8.79. The molecule has 15 heavy (non-hydrogen) atoms. The smallest absolute Gasteiger partial charge is 0.256 e. The third kappa shape index (κ3) is 1.99. The van der Waals surface area contributed by atoms with E-state index in [0.717, 1.165) is 16.8 Å². The van der Waals surface area contributed by atoms with Gasteiger partial charge in [-0.15, -0.1) is 0 Å². The van der Waals surface area contributed by atoms with Crippen LogP contribution in [-0.4, -0.2) is 4.98 Å². The van der Waals surface area contributed by atoms with Gasteiger partial charge in [0.15, 0.2) is 0 Å². The van der Waals surface area contributed by atoms with E-state index in [2.05, 4.69) is 11.1 Å². The fraction of sp³-hybridized carbons (Fsp3) is 0.154. The molecule has 0 aliphatic carbocycles. The largest absolute Gasteiger partial charge is 0.326 e. The normalized spacial score (nSPS) is 10.3. The van der Waals surface area contributed by atoms with Crippen LogP contribution in [0.15, 0.2) is 35.1 Å². The van der Waals surface area contributed by atoms with Crippen LogP contribution in [0.2, 0.25) is 0 Å². The standard InChI is InChI=1S/C13H12NO/c1-9-3-6-11(7-4-9)12-8-5-10(2)14-13(12)15/h3,5-8H,1-2H3,(H,14,15). The van der Waals surface area contributed by atoms with Gasteiger partial charge in [0.25, 0.3) is 5.56 Å². The molecule has 0 saturated carbocycles. The van der Waals surface area contributed by atoms with Crippen LogP contribution in [0.25, 0.3) is 11.1 Å². The third-order valence-corrected chi connectivity index (χ3v) is 2.33. The molecule has 0 saturated heterocycles. The maximum Gasteiger partial charge on any atom is 0.256 e. The molecule has 2 aromatic rings. The van der Waals surface area contributed by atoms with Crippen LogP contribution < -0.4 is 5.56 Å². The van der Waals surface area contributed by atoms with E-state index < -0.39 is 0 Å². The molecule has 0 unspecified atom stereocenters. The zero-order chi connectivity index (χ0) is 10.8. The highest BCUT2D eigenvalue weighted by atomic mass is 16.1. The van der Waals surface area contributed by atoms with Crippen LogP contribution in [0.4, 0.5) is 0 Å². The van der Waals surface area contributed by atoms with Gasteiger partial charge in [-0.1, -0.05) is 12.1 Å². The summed E-state index contributed by atoms with van der Waals surface area (Å²) in [6, 6.07) is 12.6. The van der Waals surface area contributed by atoms with Crippen molar-refractivity contribution in [3.63, 3.8) is 0 Å². The average molecular weight is 198 g/mol. The first-order valence-corrected chi connectivity index (χ1v) is 4.85. The molecule has 0 fully saturated rings. The number of aromatic nitrogens is 1. The van der Waals surface area contributed by atoms with Gasteiger partial charge in [0.2, 0.25) is 0 Å². The van der Waals surface area contributed by atoms with Gasteiger partial charge in [0.05, 0.1) is 0 Å². The summed E-state index contributed by atoms with van der Waals surface area (Å²) in [7, 11) is 0. The number of H-pyrrole nitrogens is 1. The second kappa shape index (κ2) is 3.73. The maximum atomic E-state index is 11.7. The van der Waals surface area contributed by atoms with Crippen LogP contribution in [-0.2, 0) is 0 Å². The quantitative estimate of drug-likeness (QED) is 0.750. The monoisotopic (exact) mass is 198 g/mol. The van der Waals surface area contributed by atoms with Gasteiger partial charge in [-0.3, -0.25) is 4.79 Å². The van der Waals surface area contributed by atoms with Crippen molar-refractivity contribution >= 4 is 0 Å². The van der Waals surface area contributed by atoms with E-state index in [9.17, 15) is 4.79 Å². The second-order valence-electron chi connectivity index (χ2n) is 3.64. The number of nitrogens with one attached hydrogen (secondary N) is 1. The molecule has 2 rings (SSSR count). The van der Waals surface area contributed by atoms with E-state index in [1.54, 1.807) is 0 Å². The summed E-state index contributed by atoms with van der Waals surface area (Å²) in [6.07, 6.45) is 0. The van der Waals surface area contributed by atoms with Crippen molar-refractivity contribution in [3.8, 4) is 11.1 Å². The maximum absolute atomic E-state index is 11.7. The van der Waals surface area contributed by atoms with Crippen molar-refractivity contribution < 1.29 is 0 Å². The summed E-state index contributed by atoms with van der Waals surface area (Å²) in [5, 5.41) is 0. The van der Waals surface area contributed by atoms with Gasteiger partial charge in [0.1, 0.15) is 0 Å². The number of aromatic amines is 1. The summed E-state index contributed by atoms with van der Waals surface area (Å²) in [6.45, 7) is 3.84. The lowest BCUT2D eigenvalue weighted by Gasteiger charge is -2.01. The molecule has 1 aromatic heterocycles. The number of hydrogen-bond acceptors (Lipinski definition) is 1. The highest BCUT2D eigenvalue weighted by Crippen LogP contribution is 2.14. The van der Waals surface area contributed by atoms with Gasteiger partial charge in [-0.05, 0) is 49.2 Å². The Balaban J connectivity index is 2.55. The van der Waals surface area contributed by atoms with Crippen molar-refractivity contribution in [2.75, 3.05) is 0 Å². The van der Waals surface area contributed by atoms with E-state index in [-0.39, 0.29) is 5.56 Å². The molecule has 1 N–H and O–H groups in total. The molecule has 75 valence electrons. The van der Waals surface area contributed by atoms with Crippen molar-refractivity contribution in [2.45, 2.75) is 13.8 Å². The second-order valence-corrected chi connectivity index (χ2v) is 3.64. The zero-order valence-corrected chi connectivity index (χ0v) is 8.79. The minimum atomic E-state index is -0.0488. The summed E-state index contributed by atoms with van der Waals surface area (Å²) in [5.74, 6) is 0. The van der Waals surface area contributed by atoms with Crippen LogP contribution >= 0.6 is 0 Å². The number of hydrogen-bond donors (Lipinski definition) is 1. The number of rotatable bonds is 1. The van der Waals surface area contributed by atoms with E-state index in [1.165, 1.54) is 0 Å². The molecule has 2 heteroatoms. The van der Waals surface area contributed by atoms with Crippen molar-refractivity contribution in [1.29, 1.82) is 0 Å². The first-order valence-electron chi connectivity index (χ1n) is 4.85. The Hall–Kier alpha value is -1.83. The molecule has 1 aromatic carbocycles. The number of aryl methyl sites for hydroxylation is 2. The molecule has 0 spiro atoms. The molecule has 1 heterocycles. The Kier molecular flexibility index (Phi) is 2.42. The lowest BCUT2D eigenvalue weighted by atomic mass is 10.1. The fourth-order valence-corrected chi connectivity index (χ4v) is 1.47. The molecule has 0 aliphatic heterocycles. The van der Waals surface area contributed by atoms with Crippen LogP contribution in [0.3, 0.4) is 0 Å².